The first-order chi connectivity index (χ1) is 11.9. The van der Waals surface area contributed by atoms with E-state index >= 15 is 0 Å². The van der Waals surface area contributed by atoms with Gasteiger partial charge in [0.1, 0.15) is 28.5 Å². The van der Waals surface area contributed by atoms with Crippen LogP contribution >= 0.6 is 0 Å². The number of fused-ring (bicyclic) bond motifs is 3. The van der Waals surface area contributed by atoms with Crippen molar-refractivity contribution < 1.29 is 18.3 Å². The van der Waals surface area contributed by atoms with E-state index in [4.69, 9.17) is 9.15 Å². The van der Waals surface area contributed by atoms with Crippen LogP contribution in [0, 0.1) is 5.82 Å². The molecular formula is C20H18FNO3. The molecule has 0 spiro atoms. The quantitative estimate of drug-likeness (QED) is 0.757. The van der Waals surface area contributed by atoms with E-state index in [2.05, 4.69) is 5.32 Å². The summed E-state index contributed by atoms with van der Waals surface area (Å²) in [5.41, 5.74) is 2.38. The van der Waals surface area contributed by atoms with Gasteiger partial charge < -0.3 is 14.5 Å². The summed E-state index contributed by atoms with van der Waals surface area (Å²) in [5, 5.41) is 3.44. The van der Waals surface area contributed by atoms with Gasteiger partial charge in [-0.25, -0.2) is 4.39 Å². The molecule has 0 fully saturated rings. The van der Waals surface area contributed by atoms with Gasteiger partial charge in [-0.1, -0.05) is 0 Å². The Morgan fingerprint density at radius 2 is 1.88 bits per heavy atom. The van der Waals surface area contributed by atoms with Gasteiger partial charge in [-0.05, 0) is 50.2 Å². The standard InChI is InChI=1S/C20H18FNO3/c1-20(2)10-13-14(25-20)8-9-15-16(13)17(19(23)22-3)18(24-15)11-4-6-12(21)7-5-11/h4-9H,10H2,1-3H3,(H,22,23). The molecule has 1 aromatic heterocycles. The Hall–Kier alpha value is -2.82. The molecule has 1 N–H and O–H groups in total. The van der Waals surface area contributed by atoms with E-state index in [0.717, 1.165) is 16.7 Å². The van der Waals surface area contributed by atoms with Gasteiger partial charge in [0.05, 0.1) is 5.56 Å². The molecule has 2 heterocycles. The summed E-state index contributed by atoms with van der Waals surface area (Å²) in [6.07, 6.45) is 0.687. The molecule has 1 aliphatic heterocycles. The Bertz CT molecular complexity index is 986. The first-order valence-electron chi connectivity index (χ1n) is 8.15. The lowest BCUT2D eigenvalue weighted by atomic mass is 9.95. The molecule has 2 aromatic carbocycles. The van der Waals surface area contributed by atoms with Gasteiger partial charge in [0.2, 0.25) is 0 Å². The second kappa shape index (κ2) is 5.34. The van der Waals surface area contributed by atoms with Crippen molar-refractivity contribution in [1.29, 1.82) is 0 Å². The monoisotopic (exact) mass is 339 g/mol. The average Bonchev–Trinajstić information content (AvgIpc) is 3.10. The van der Waals surface area contributed by atoms with Crippen molar-refractivity contribution in [3.63, 3.8) is 0 Å². The molecule has 4 nitrogen and oxygen atoms in total. The molecule has 0 saturated heterocycles. The molecule has 0 atom stereocenters. The Labute approximate surface area is 144 Å². The largest absolute Gasteiger partial charge is 0.487 e. The van der Waals surface area contributed by atoms with Crippen molar-refractivity contribution in [2.24, 2.45) is 0 Å². The highest BCUT2D eigenvalue weighted by molar-refractivity contribution is 6.12. The average molecular weight is 339 g/mol. The minimum Gasteiger partial charge on any atom is -0.487 e. The summed E-state index contributed by atoms with van der Waals surface area (Å²) in [7, 11) is 1.58. The molecule has 3 aromatic rings. The maximum Gasteiger partial charge on any atom is 0.255 e. The van der Waals surface area contributed by atoms with Crippen LogP contribution in [0.3, 0.4) is 0 Å². The van der Waals surface area contributed by atoms with Crippen LogP contribution in [0.5, 0.6) is 5.75 Å². The number of amides is 1. The van der Waals surface area contributed by atoms with E-state index in [0.29, 0.717) is 28.9 Å². The van der Waals surface area contributed by atoms with E-state index in [1.807, 2.05) is 26.0 Å². The van der Waals surface area contributed by atoms with Gasteiger partial charge in [-0.2, -0.15) is 0 Å². The minimum absolute atomic E-state index is 0.240. The molecule has 1 amide bonds. The zero-order valence-corrected chi connectivity index (χ0v) is 14.3. The van der Waals surface area contributed by atoms with Crippen LogP contribution in [0.2, 0.25) is 0 Å². The summed E-state index contributed by atoms with van der Waals surface area (Å²) in [4.78, 5) is 12.6. The summed E-state index contributed by atoms with van der Waals surface area (Å²) >= 11 is 0. The van der Waals surface area contributed by atoms with Gasteiger partial charge in [0.15, 0.2) is 0 Å². The van der Waals surface area contributed by atoms with Crippen molar-refractivity contribution in [2.75, 3.05) is 7.05 Å². The molecule has 128 valence electrons. The Morgan fingerprint density at radius 1 is 1.16 bits per heavy atom. The Balaban J connectivity index is 2.02. The predicted molar refractivity (Wildman–Crippen MR) is 93.4 cm³/mol. The number of hydrogen-bond acceptors (Lipinski definition) is 3. The molecule has 25 heavy (non-hydrogen) atoms. The lowest BCUT2D eigenvalue weighted by Gasteiger charge is -2.16. The molecule has 5 heteroatoms. The van der Waals surface area contributed by atoms with Crippen LogP contribution in [0.4, 0.5) is 4.39 Å². The van der Waals surface area contributed by atoms with Crippen LogP contribution in [0.1, 0.15) is 29.8 Å². The van der Waals surface area contributed by atoms with Crippen molar-refractivity contribution in [3.05, 3.63) is 53.3 Å². The van der Waals surface area contributed by atoms with Gasteiger partial charge in [0, 0.05) is 30.0 Å². The number of hydrogen-bond donors (Lipinski definition) is 1. The fraction of sp³-hybridized carbons (Fsp3) is 0.250. The molecule has 1 aliphatic rings. The predicted octanol–water partition coefficient (Wildman–Crippen LogP) is 4.31. The molecule has 0 bridgehead atoms. The second-order valence-corrected chi connectivity index (χ2v) is 6.85. The first-order valence-corrected chi connectivity index (χ1v) is 8.15. The van der Waals surface area contributed by atoms with Gasteiger partial charge in [-0.3, -0.25) is 4.79 Å². The van der Waals surface area contributed by atoms with Crippen molar-refractivity contribution in [1.82, 2.24) is 5.32 Å². The number of furan rings is 1. The molecule has 0 unspecified atom stereocenters. The molecule has 0 saturated carbocycles. The van der Waals surface area contributed by atoms with Crippen LogP contribution in [-0.4, -0.2) is 18.6 Å². The fourth-order valence-electron chi connectivity index (χ4n) is 3.42. The van der Waals surface area contributed by atoms with E-state index in [1.54, 1.807) is 19.2 Å². The highest BCUT2D eigenvalue weighted by atomic mass is 19.1. The summed E-state index contributed by atoms with van der Waals surface area (Å²) in [5.74, 6) is 0.634. The van der Waals surface area contributed by atoms with Crippen LogP contribution in [0.25, 0.3) is 22.3 Å². The highest BCUT2D eigenvalue weighted by Crippen LogP contribution is 2.44. The topological polar surface area (TPSA) is 51.5 Å². The fourth-order valence-corrected chi connectivity index (χ4v) is 3.42. The molecular weight excluding hydrogens is 321 g/mol. The lowest BCUT2D eigenvalue weighted by Crippen LogP contribution is -2.24. The maximum atomic E-state index is 13.3. The van der Waals surface area contributed by atoms with Crippen molar-refractivity contribution in [2.45, 2.75) is 25.9 Å². The third-order valence-corrected chi connectivity index (χ3v) is 4.47. The van der Waals surface area contributed by atoms with E-state index in [1.165, 1.54) is 12.1 Å². The van der Waals surface area contributed by atoms with E-state index in [-0.39, 0.29) is 17.3 Å². The van der Waals surface area contributed by atoms with Crippen LogP contribution < -0.4 is 10.1 Å². The second-order valence-electron chi connectivity index (χ2n) is 6.85. The normalized spacial score (nSPS) is 15.0. The SMILES string of the molecule is CNC(=O)c1c(-c2ccc(F)cc2)oc2ccc3c(c12)CC(C)(C)O3. The number of ether oxygens (including phenoxy) is 1. The Morgan fingerprint density at radius 3 is 2.56 bits per heavy atom. The summed E-state index contributed by atoms with van der Waals surface area (Å²) in [6.45, 7) is 4.03. The lowest BCUT2D eigenvalue weighted by molar-refractivity contribution is 0.0964. The number of rotatable bonds is 2. The third-order valence-electron chi connectivity index (χ3n) is 4.47. The zero-order chi connectivity index (χ0) is 17.8. The molecule has 0 radical (unpaired) electrons. The van der Waals surface area contributed by atoms with E-state index in [9.17, 15) is 9.18 Å². The number of carbonyl (C=O) groups excluding carboxylic acids is 1. The summed E-state index contributed by atoms with van der Waals surface area (Å²) in [6, 6.07) is 9.62. The number of carbonyl (C=O) groups is 1. The maximum absolute atomic E-state index is 13.3. The van der Waals surface area contributed by atoms with Crippen LogP contribution in [0.15, 0.2) is 40.8 Å². The number of benzene rings is 2. The molecule has 4 rings (SSSR count). The molecule has 0 aliphatic carbocycles. The van der Waals surface area contributed by atoms with Crippen molar-refractivity contribution >= 4 is 16.9 Å². The van der Waals surface area contributed by atoms with Gasteiger partial charge >= 0.3 is 0 Å². The van der Waals surface area contributed by atoms with E-state index < -0.39 is 0 Å². The zero-order valence-electron chi connectivity index (χ0n) is 14.3. The van der Waals surface area contributed by atoms with Gasteiger partial charge in [-0.15, -0.1) is 0 Å². The smallest absolute Gasteiger partial charge is 0.255 e. The van der Waals surface area contributed by atoms with Crippen molar-refractivity contribution in [3.8, 4) is 17.1 Å². The van der Waals surface area contributed by atoms with Crippen LogP contribution in [-0.2, 0) is 6.42 Å². The third kappa shape index (κ3) is 2.47. The highest BCUT2D eigenvalue weighted by Gasteiger charge is 2.35. The Kier molecular flexibility index (Phi) is 3.35. The first kappa shape index (κ1) is 15.7. The van der Waals surface area contributed by atoms with Gasteiger partial charge in [0.25, 0.3) is 5.91 Å². The minimum atomic E-state index is -0.336. The number of nitrogens with one attached hydrogen (secondary N) is 1. The summed E-state index contributed by atoms with van der Waals surface area (Å²) < 4.78 is 25.3. The number of halogens is 1.